The fourth-order valence-corrected chi connectivity index (χ4v) is 5.48. The largest absolute Gasteiger partial charge is 0.448 e. The summed E-state index contributed by atoms with van der Waals surface area (Å²) < 4.78 is 17.9. The molecule has 6 heteroatoms. The molecule has 2 fully saturated rings. The van der Waals surface area contributed by atoms with E-state index in [-0.39, 0.29) is 37.4 Å². The Bertz CT molecular complexity index is 1140. The van der Waals surface area contributed by atoms with Gasteiger partial charge in [0.1, 0.15) is 18.8 Å². The van der Waals surface area contributed by atoms with E-state index in [0.29, 0.717) is 13.0 Å². The smallest absolute Gasteiger partial charge is 0.410 e. The molecular formula is C28H27NO5. The molecule has 0 unspecified atom stereocenters. The summed E-state index contributed by atoms with van der Waals surface area (Å²) in [7, 11) is 0. The van der Waals surface area contributed by atoms with Gasteiger partial charge in [0.25, 0.3) is 0 Å². The van der Waals surface area contributed by atoms with E-state index in [1.807, 2.05) is 54.6 Å². The van der Waals surface area contributed by atoms with Gasteiger partial charge in [0, 0.05) is 5.92 Å². The second-order valence-corrected chi connectivity index (χ2v) is 9.11. The third kappa shape index (κ3) is 3.68. The zero-order chi connectivity index (χ0) is 23.1. The number of aliphatic hydroxyl groups excluding tert-OH is 1. The highest BCUT2D eigenvalue weighted by Gasteiger charge is 2.50. The van der Waals surface area contributed by atoms with Gasteiger partial charge in [0.05, 0.1) is 19.2 Å². The maximum absolute atomic E-state index is 13.4. The van der Waals surface area contributed by atoms with Crippen LogP contribution in [0, 0.1) is 0 Å². The molecule has 174 valence electrons. The van der Waals surface area contributed by atoms with Gasteiger partial charge in [-0.05, 0) is 34.2 Å². The van der Waals surface area contributed by atoms with E-state index in [1.54, 1.807) is 4.90 Å². The topological polar surface area (TPSA) is 68.2 Å². The Labute approximate surface area is 198 Å². The van der Waals surface area contributed by atoms with Crippen LogP contribution in [-0.2, 0) is 20.6 Å². The number of amides is 1. The van der Waals surface area contributed by atoms with Crippen LogP contribution < -0.4 is 0 Å². The zero-order valence-corrected chi connectivity index (χ0v) is 18.7. The van der Waals surface area contributed by atoms with Crippen molar-refractivity contribution in [2.24, 2.45) is 0 Å². The first-order valence-corrected chi connectivity index (χ1v) is 11.8. The molecule has 2 bridgehead atoms. The van der Waals surface area contributed by atoms with Crippen LogP contribution in [0.4, 0.5) is 4.79 Å². The average Bonchev–Trinajstić information content (AvgIpc) is 3.40. The number of carbonyl (C=O) groups is 1. The SMILES string of the molecule is O=C(OCC1c2ccccc2-c2ccccc21)N1C[C@@H]2O[C@@H](O[C@H]2CO)[C@@H]1Cc1ccccc1. The Morgan fingerprint density at radius 3 is 2.24 bits per heavy atom. The number of ether oxygens (including phenoxy) is 3. The molecule has 0 radical (unpaired) electrons. The summed E-state index contributed by atoms with van der Waals surface area (Å²) in [6.45, 7) is 0.454. The summed E-state index contributed by atoms with van der Waals surface area (Å²) in [4.78, 5) is 15.2. The first kappa shape index (κ1) is 21.4. The van der Waals surface area contributed by atoms with Crippen molar-refractivity contribution in [3.8, 4) is 11.1 Å². The highest BCUT2D eigenvalue weighted by atomic mass is 16.7. The molecule has 2 heterocycles. The van der Waals surface area contributed by atoms with Gasteiger partial charge in [-0.1, -0.05) is 78.9 Å². The predicted octanol–water partition coefficient (Wildman–Crippen LogP) is 3.96. The molecule has 6 nitrogen and oxygen atoms in total. The maximum atomic E-state index is 13.4. The van der Waals surface area contributed by atoms with Crippen molar-refractivity contribution in [3.63, 3.8) is 0 Å². The molecule has 0 aromatic heterocycles. The van der Waals surface area contributed by atoms with Crippen LogP contribution >= 0.6 is 0 Å². The van der Waals surface area contributed by atoms with Gasteiger partial charge in [0.15, 0.2) is 6.29 Å². The molecule has 0 spiro atoms. The third-order valence-electron chi connectivity index (χ3n) is 7.16. The number of aliphatic hydroxyl groups is 1. The number of fused-ring (bicyclic) bond motifs is 5. The van der Waals surface area contributed by atoms with Crippen LogP contribution in [0.1, 0.15) is 22.6 Å². The van der Waals surface area contributed by atoms with Crippen molar-refractivity contribution in [1.29, 1.82) is 0 Å². The Kier molecular flexibility index (Phi) is 5.57. The van der Waals surface area contributed by atoms with Crippen molar-refractivity contribution < 1.29 is 24.1 Å². The minimum Gasteiger partial charge on any atom is -0.448 e. The summed E-state index contributed by atoms with van der Waals surface area (Å²) in [5, 5.41) is 9.71. The van der Waals surface area contributed by atoms with Gasteiger partial charge in [-0.2, -0.15) is 0 Å². The molecule has 3 aliphatic rings. The number of hydrogen-bond donors (Lipinski definition) is 1. The molecule has 2 aliphatic heterocycles. The van der Waals surface area contributed by atoms with Crippen molar-refractivity contribution in [3.05, 3.63) is 95.6 Å². The van der Waals surface area contributed by atoms with Crippen LogP contribution in [-0.4, -0.2) is 60.4 Å². The molecule has 3 aromatic rings. The van der Waals surface area contributed by atoms with Crippen LogP contribution in [0.5, 0.6) is 0 Å². The first-order chi connectivity index (χ1) is 16.7. The summed E-state index contributed by atoms with van der Waals surface area (Å²) in [5.41, 5.74) is 5.85. The lowest BCUT2D eigenvalue weighted by molar-refractivity contribution is -0.141. The summed E-state index contributed by atoms with van der Waals surface area (Å²) in [6, 6.07) is 26.3. The van der Waals surface area contributed by atoms with Gasteiger partial charge in [0.2, 0.25) is 0 Å². The summed E-state index contributed by atoms with van der Waals surface area (Å²) in [6.07, 6.45) is -1.17. The quantitative estimate of drug-likeness (QED) is 0.628. The van der Waals surface area contributed by atoms with Gasteiger partial charge in [-0.3, -0.25) is 4.90 Å². The number of rotatable bonds is 5. The highest BCUT2D eigenvalue weighted by molar-refractivity contribution is 5.79. The number of carbonyl (C=O) groups excluding carboxylic acids is 1. The Morgan fingerprint density at radius 1 is 0.912 bits per heavy atom. The predicted molar refractivity (Wildman–Crippen MR) is 126 cm³/mol. The van der Waals surface area contributed by atoms with E-state index >= 15 is 0 Å². The lowest BCUT2D eigenvalue weighted by Gasteiger charge is -2.38. The number of hydrogen-bond acceptors (Lipinski definition) is 5. The molecular weight excluding hydrogens is 430 g/mol. The summed E-state index contributed by atoms with van der Waals surface area (Å²) >= 11 is 0. The molecule has 2 saturated heterocycles. The Morgan fingerprint density at radius 2 is 1.56 bits per heavy atom. The molecule has 0 saturated carbocycles. The van der Waals surface area contributed by atoms with Gasteiger partial charge in [-0.25, -0.2) is 4.79 Å². The number of morpholine rings is 1. The Hall–Kier alpha value is -3.19. The monoisotopic (exact) mass is 457 g/mol. The minimum absolute atomic E-state index is 0.00289. The first-order valence-electron chi connectivity index (χ1n) is 11.8. The van der Waals surface area contributed by atoms with Crippen LogP contribution in [0.15, 0.2) is 78.9 Å². The normalized spacial score (nSPS) is 25.1. The van der Waals surface area contributed by atoms with E-state index < -0.39 is 12.4 Å². The fourth-order valence-electron chi connectivity index (χ4n) is 5.48. The molecule has 3 aromatic carbocycles. The fraction of sp³-hybridized carbons (Fsp3) is 0.321. The molecule has 34 heavy (non-hydrogen) atoms. The van der Waals surface area contributed by atoms with Crippen LogP contribution in [0.2, 0.25) is 0 Å². The lowest BCUT2D eigenvalue weighted by atomic mass is 9.98. The standard InChI is InChI=1S/C28H27NO5/c30-16-26-25-15-29(24(27(33-25)34-26)14-18-8-2-1-3-9-18)28(31)32-17-23-21-12-6-4-10-19(21)20-11-5-7-13-22(20)23/h1-13,23-27,30H,14-17H2/t24-,25-,26-,27-/m0/s1. The second-order valence-electron chi connectivity index (χ2n) is 9.11. The number of benzene rings is 3. The van der Waals surface area contributed by atoms with Crippen molar-refractivity contribution in [2.75, 3.05) is 19.8 Å². The lowest BCUT2D eigenvalue weighted by Crippen LogP contribution is -2.55. The summed E-state index contributed by atoms with van der Waals surface area (Å²) in [5.74, 6) is 0.00289. The maximum Gasteiger partial charge on any atom is 0.410 e. The van der Waals surface area contributed by atoms with Crippen molar-refractivity contribution in [2.45, 2.75) is 36.9 Å². The van der Waals surface area contributed by atoms with E-state index in [1.165, 1.54) is 22.3 Å². The van der Waals surface area contributed by atoms with Crippen molar-refractivity contribution >= 4 is 6.09 Å². The molecule has 1 aliphatic carbocycles. The number of nitrogens with zero attached hydrogens (tertiary/aromatic N) is 1. The van der Waals surface area contributed by atoms with E-state index in [9.17, 15) is 9.90 Å². The Balaban J connectivity index is 1.23. The van der Waals surface area contributed by atoms with Crippen LogP contribution in [0.25, 0.3) is 11.1 Å². The second kappa shape index (κ2) is 8.87. The van der Waals surface area contributed by atoms with Crippen molar-refractivity contribution in [1.82, 2.24) is 4.90 Å². The van der Waals surface area contributed by atoms with Gasteiger partial charge < -0.3 is 19.3 Å². The molecule has 1 N–H and O–H groups in total. The van der Waals surface area contributed by atoms with Gasteiger partial charge >= 0.3 is 6.09 Å². The molecule has 6 rings (SSSR count). The van der Waals surface area contributed by atoms with Gasteiger partial charge in [-0.15, -0.1) is 0 Å². The van der Waals surface area contributed by atoms with E-state index in [0.717, 1.165) is 5.56 Å². The highest BCUT2D eigenvalue weighted by Crippen LogP contribution is 2.44. The molecule has 4 atom stereocenters. The van der Waals surface area contributed by atoms with E-state index in [4.69, 9.17) is 14.2 Å². The third-order valence-corrected chi connectivity index (χ3v) is 7.16. The minimum atomic E-state index is -0.586. The van der Waals surface area contributed by atoms with Crippen LogP contribution in [0.3, 0.4) is 0 Å². The zero-order valence-electron chi connectivity index (χ0n) is 18.7. The molecule has 1 amide bonds. The average molecular weight is 458 g/mol. The van der Waals surface area contributed by atoms with E-state index in [2.05, 4.69) is 24.3 Å².